The molecule has 0 bridgehead atoms. The van der Waals surface area contributed by atoms with E-state index in [0.717, 1.165) is 23.2 Å². The van der Waals surface area contributed by atoms with Crippen molar-refractivity contribution in [2.24, 2.45) is 4.99 Å². The summed E-state index contributed by atoms with van der Waals surface area (Å²) in [5.41, 5.74) is 4.11. The molecule has 1 aromatic heterocycles. The average Bonchev–Trinajstić information content (AvgIpc) is 2.71. The third-order valence-electron chi connectivity index (χ3n) is 2.11. The van der Waals surface area contributed by atoms with Crippen molar-refractivity contribution in [2.75, 3.05) is 0 Å². The van der Waals surface area contributed by atoms with Gasteiger partial charge < -0.3 is 4.42 Å². The van der Waals surface area contributed by atoms with Crippen LogP contribution in [0.15, 0.2) is 27.9 Å². The van der Waals surface area contributed by atoms with Crippen LogP contribution in [0.4, 0.5) is 0 Å². The molecule has 0 spiro atoms. The smallest absolute Gasteiger partial charge is 0.182 e. The highest BCUT2D eigenvalue weighted by Gasteiger charge is 2.11. The first-order valence-corrected chi connectivity index (χ1v) is 3.80. The van der Waals surface area contributed by atoms with E-state index < -0.39 is 0 Å². The van der Waals surface area contributed by atoms with Crippen molar-refractivity contribution in [2.45, 2.75) is 6.54 Å². The van der Waals surface area contributed by atoms with E-state index in [0.29, 0.717) is 0 Å². The Balaban J connectivity index is 2.52. The molecule has 3 rings (SSSR count). The first-order valence-electron chi connectivity index (χ1n) is 3.80. The fraction of sp³-hybridized carbons (Fsp3) is 0.111. The van der Waals surface area contributed by atoms with Gasteiger partial charge in [-0.25, -0.2) is 4.98 Å². The molecule has 0 radical (unpaired) electrons. The fourth-order valence-corrected chi connectivity index (χ4v) is 1.51. The lowest BCUT2D eigenvalue weighted by molar-refractivity contribution is 0.602. The number of aromatic nitrogens is 1. The van der Waals surface area contributed by atoms with Crippen molar-refractivity contribution in [3.63, 3.8) is 0 Å². The number of hydrogen-bond donors (Lipinski definition) is 0. The minimum Gasteiger partial charge on any atom is -0.443 e. The molecule has 0 saturated heterocycles. The molecule has 2 aromatic rings. The maximum atomic E-state index is 5.17. The maximum Gasteiger partial charge on any atom is 0.182 e. The quantitative estimate of drug-likeness (QED) is 0.586. The van der Waals surface area contributed by atoms with Crippen LogP contribution in [0.25, 0.3) is 11.1 Å². The molecule has 58 valence electrons. The zero-order chi connectivity index (χ0) is 7.97. The summed E-state index contributed by atoms with van der Waals surface area (Å²) in [4.78, 5) is 8.31. The van der Waals surface area contributed by atoms with E-state index in [9.17, 15) is 0 Å². The molecule has 3 heteroatoms. The molecular formula is C9H6N2O. The molecule has 0 fully saturated rings. The summed E-state index contributed by atoms with van der Waals surface area (Å²) >= 11 is 0. The summed E-state index contributed by atoms with van der Waals surface area (Å²) < 4.78 is 5.17. The molecule has 1 aromatic carbocycles. The number of aliphatic imine (C=N–C) groups is 1. The van der Waals surface area contributed by atoms with Gasteiger partial charge in [0, 0.05) is 11.8 Å². The van der Waals surface area contributed by atoms with Gasteiger partial charge in [-0.1, -0.05) is 6.07 Å². The normalized spacial score (nSPS) is 14.0. The molecule has 0 amide bonds. The Morgan fingerprint density at radius 3 is 3.33 bits per heavy atom. The van der Waals surface area contributed by atoms with E-state index in [1.54, 1.807) is 0 Å². The highest BCUT2D eigenvalue weighted by atomic mass is 16.3. The van der Waals surface area contributed by atoms with Gasteiger partial charge in [-0.05, 0) is 11.6 Å². The van der Waals surface area contributed by atoms with E-state index in [1.807, 2.05) is 18.3 Å². The van der Waals surface area contributed by atoms with Crippen molar-refractivity contribution in [3.05, 3.63) is 29.7 Å². The molecule has 0 saturated carbocycles. The maximum absolute atomic E-state index is 5.17. The summed E-state index contributed by atoms with van der Waals surface area (Å²) in [6.45, 7) is 0.776. The number of oxazole rings is 1. The van der Waals surface area contributed by atoms with Crippen LogP contribution in [0, 0.1) is 0 Å². The first-order chi connectivity index (χ1) is 5.95. The van der Waals surface area contributed by atoms with Crippen molar-refractivity contribution >= 4 is 17.3 Å². The topological polar surface area (TPSA) is 38.4 Å². The summed E-state index contributed by atoms with van der Waals surface area (Å²) in [7, 11) is 0. The van der Waals surface area contributed by atoms with Gasteiger partial charge in [0.15, 0.2) is 12.0 Å². The standard InChI is InChI=1S/C9H6N2O/c1-2-8-9(11-5-12-8)7-4-10-3-6(1)7/h1-2,4-5H,3H2. The van der Waals surface area contributed by atoms with E-state index in [-0.39, 0.29) is 0 Å². The number of hydrogen-bond acceptors (Lipinski definition) is 3. The van der Waals surface area contributed by atoms with Gasteiger partial charge in [-0.15, -0.1) is 0 Å². The van der Waals surface area contributed by atoms with Crippen LogP contribution in [-0.2, 0) is 6.54 Å². The van der Waals surface area contributed by atoms with E-state index in [1.165, 1.54) is 12.0 Å². The van der Waals surface area contributed by atoms with Crippen molar-refractivity contribution < 1.29 is 4.42 Å². The largest absolute Gasteiger partial charge is 0.443 e. The zero-order valence-electron chi connectivity index (χ0n) is 6.32. The average molecular weight is 158 g/mol. The minimum absolute atomic E-state index is 0.776. The highest BCUT2D eigenvalue weighted by Crippen LogP contribution is 2.23. The predicted molar refractivity (Wildman–Crippen MR) is 45.3 cm³/mol. The zero-order valence-corrected chi connectivity index (χ0v) is 6.32. The Morgan fingerprint density at radius 2 is 2.33 bits per heavy atom. The number of fused-ring (bicyclic) bond motifs is 3. The molecule has 1 aliphatic heterocycles. The Labute approximate surface area is 68.7 Å². The molecule has 0 unspecified atom stereocenters. The second-order valence-corrected chi connectivity index (χ2v) is 2.81. The Bertz CT molecular complexity index is 470. The molecule has 1 aliphatic rings. The van der Waals surface area contributed by atoms with Crippen LogP contribution in [0.2, 0.25) is 0 Å². The van der Waals surface area contributed by atoms with Crippen LogP contribution in [0.1, 0.15) is 11.1 Å². The summed E-state index contributed by atoms with van der Waals surface area (Å²) in [6.07, 6.45) is 3.33. The van der Waals surface area contributed by atoms with E-state index in [4.69, 9.17) is 4.42 Å². The van der Waals surface area contributed by atoms with E-state index in [2.05, 4.69) is 9.98 Å². The van der Waals surface area contributed by atoms with Crippen LogP contribution in [-0.4, -0.2) is 11.2 Å². The first kappa shape index (κ1) is 5.94. The minimum atomic E-state index is 0.776. The fourth-order valence-electron chi connectivity index (χ4n) is 1.51. The summed E-state index contributed by atoms with van der Waals surface area (Å²) in [5.74, 6) is 0. The van der Waals surface area contributed by atoms with Crippen molar-refractivity contribution in [1.29, 1.82) is 0 Å². The van der Waals surface area contributed by atoms with Gasteiger partial charge >= 0.3 is 0 Å². The van der Waals surface area contributed by atoms with Crippen LogP contribution in [0.3, 0.4) is 0 Å². The molecule has 0 aliphatic carbocycles. The summed E-state index contributed by atoms with van der Waals surface area (Å²) in [6, 6.07) is 3.98. The molecular weight excluding hydrogens is 152 g/mol. The highest BCUT2D eigenvalue weighted by molar-refractivity contribution is 5.98. The summed E-state index contributed by atoms with van der Waals surface area (Å²) in [5, 5.41) is 0. The predicted octanol–water partition coefficient (Wildman–Crippen LogP) is 1.76. The van der Waals surface area contributed by atoms with Crippen LogP contribution >= 0.6 is 0 Å². The van der Waals surface area contributed by atoms with Gasteiger partial charge in [-0.2, -0.15) is 0 Å². The van der Waals surface area contributed by atoms with Gasteiger partial charge in [0.1, 0.15) is 5.52 Å². The lowest BCUT2D eigenvalue weighted by Gasteiger charge is -1.94. The lowest BCUT2D eigenvalue weighted by Crippen LogP contribution is -1.84. The van der Waals surface area contributed by atoms with Gasteiger partial charge in [-0.3, -0.25) is 4.99 Å². The lowest BCUT2D eigenvalue weighted by atomic mass is 10.1. The van der Waals surface area contributed by atoms with Crippen molar-refractivity contribution in [3.8, 4) is 0 Å². The second-order valence-electron chi connectivity index (χ2n) is 2.81. The molecule has 3 nitrogen and oxygen atoms in total. The third-order valence-corrected chi connectivity index (χ3v) is 2.11. The Morgan fingerprint density at radius 1 is 1.33 bits per heavy atom. The molecule has 12 heavy (non-hydrogen) atoms. The van der Waals surface area contributed by atoms with E-state index >= 15 is 0 Å². The van der Waals surface area contributed by atoms with Gasteiger partial charge in [0.05, 0.1) is 6.54 Å². The Kier molecular flexibility index (Phi) is 0.961. The molecule has 0 N–H and O–H groups in total. The number of benzene rings is 1. The monoisotopic (exact) mass is 158 g/mol. The van der Waals surface area contributed by atoms with Crippen LogP contribution in [0.5, 0.6) is 0 Å². The SMILES string of the molecule is C1=NCc2ccc3ocnc3c21. The third kappa shape index (κ3) is 0.605. The molecule has 2 heterocycles. The van der Waals surface area contributed by atoms with Gasteiger partial charge in [0.2, 0.25) is 0 Å². The number of rotatable bonds is 0. The Hall–Kier alpha value is -1.64. The second kappa shape index (κ2) is 1.94. The molecule has 0 atom stereocenters. The van der Waals surface area contributed by atoms with Crippen molar-refractivity contribution in [1.82, 2.24) is 4.98 Å². The number of nitrogens with zero attached hydrogens (tertiary/aromatic N) is 2. The van der Waals surface area contributed by atoms with Crippen LogP contribution < -0.4 is 0 Å². The van der Waals surface area contributed by atoms with Gasteiger partial charge in [0.25, 0.3) is 0 Å².